The Morgan fingerprint density at radius 1 is 0.370 bits per heavy atom. The first-order chi connectivity index (χ1) is 65.8. The standard InChI is InChI=1S/C90H98O48/c91-31-53-66(103)72(109)78(115)85(133-53)126-44-15-3-38(4-16-44)10-22-61(98)122-33-55-68(105)74(111)80(117)87(135-55)128-46-19-7-40(8-20-46)12-24-63(100)124-35-57-70(107)76(113)82(119)89(137-57)131-51-26-41(84-52(29-47-48(94)27-43(93)28-49(47)129-84)132-90-83(120)77(114)71(108)58(138-90)36-125-64(101)30-59(95)96)25-50(65(51)102)130-88-81(118)75(112)69(106)56(136-88)34-123-62(99)23-11-39-5-17-45(18-6-39)127-86-79(116)73(110)67(104)54(134-86)32-121-60(97)21-9-37-1-13-42(92)14-2-37/h1-29,53-58,66-91,93-94,97,102-120H,30-36H2,(H,95,96)/b22-10-,23-11-,24-12-,60-21?/t53-,54-,55-,56-,57+,58-,66-,67-,68-,69-,70+,71-,72-,73-,74-,75-,76+,77-,78+,79+,80+,81+,82+,83+,84?,85-,86-,87-,88-,89-,90-/m0/s1. The van der Waals surface area contributed by atoms with E-state index in [4.69, 9.17) is 90.4 Å². The number of fused-ring (bicyclic) bond motifs is 1. The van der Waals surface area contributed by atoms with Gasteiger partial charge >= 0.3 is 29.8 Å². The van der Waals surface area contributed by atoms with Crippen LogP contribution in [0.3, 0.4) is 0 Å². The molecule has 1 unspecified atom stereocenters. The van der Waals surface area contributed by atoms with Crippen molar-refractivity contribution in [1.82, 2.24) is 0 Å². The third-order valence-electron chi connectivity index (χ3n) is 22.4. The van der Waals surface area contributed by atoms with Crippen LogP contribution < -0.4 is 28.4 Å². The second kappa shape index (κ2) is 45.9. The summed E-state index contributed by atoms with van der Waals surface area (Å²) in [6.45, 7) is -4.69. The van der Waals surface area contributed by atoms with Gasteiger partial charge in [0.1, 0.15) is 226 Å². The maximum absolute atomic E-state index is 13.4. The number of aliphatic carboxylic acids is 1. The Balaban J connectivity index is 0.669. The molecule has 6 saturated heterocycles. The van der Waals surface area contributed by atoms with Crippen molar-refractivity contribution in [3.8, 4) is 51.7 Å². The minimum absolute atomic E-state index is 0.00127. The molecule has 31 atom stereocenters. The van der Waals surface area contributed by atoms with Crippen LogP contribution >= 0.6 is 0 Å². The highest BCUT2D eigenvalue weighted by atomic mass is 16.8. The molecule has 0 spiro atoms. The van der Waals surface area contributed by atoms with Gasteiger partial charge in [0, 0.05) is 42.0 Å². The van der Waals surface area contributed by atoms with Crippen LogP contribution in [0.5, 0.6) is 51.7 Å². The lowest BCUT2D eigenvalue weighted by Gasteiger charge is -2.41. The lowest BCUT2D eigenvalue weighted by Crippen LogP contribution is -2.60. The molecule has 48 heteroatoms. The number of benzene rings is 5. The van der Waals surface area contributed by atoms with Crippen LogP contribution in [0, 0.1) is 0 Å². The van der Waals surface area contributed by atoms with Crippen molar-refractivity contribution >= 4 is 59.9 Å². The molecule has 6 fully saturated rings. The highest BCUT2D eigenvalue weighted by Gasteiger charge is 2.53. The predicted octanol–water partition coefficient (Wildman–Crippen LogP) is -5.15. The molecule has 24 N–H and O–H groups in total. The van der Waals surface area contributed by atoms with Gasteiger partial charge in [0.05, 0.1) is 12.2 Å². The molecule has 138 heavy (non-hydrogen) atoms. The van der Waals surface area contributed by atoms with Gasteiger partial charge in [0.25, 0.3) is 5.95 Å². The summed E-state index contributed by atoms with van der Waals surface area (Å²) in [5.41, 5.74) is 0.901. The van der Waals surface area contributed by atoms with Crippen molar-refractivity contribution in [1.29, 1.82) is 0 Å². The number of esters is 4. The van der Waals surface area contributed by atoms with Gasteiger partial charge in [-0.3, -0.25) is 14.4 Å². The maximum Gasteiger partial charge on any atom is 0.330 e. The number of carboxylic acids is 1. The van der Waals surface area contributed by atoms with E-state index in [1.54, 1.807) is 0 Å². The fourth-order valence-electron chi connectivity index (χ4n) is 14.6. The molecule has 48 nitrogen and oxygen atoms in total. The van der Waals surface area contributed by atoms with Gasteiger partial charge in [0.15, 0.2) is 23.4 Å². The number of ether oxygens (including phenoxy) is 18. The fraction of sp³-hybridized carbons (Fsp3) is 0.422. The number of ketones is 1. The smallest absolute Gasteiger partial charge is 0.330 e. The molecule has 0 bridgehead atoms. The second-order valence-electron chi connectivity index (χ2n) is 32.2. The van der Waals surface area contributed by atoms with Gasteiger partial charge in [-0.1, -0.05) is 48.6 Å². The zero-order chi connectivity index (χ0) is 99.4. The Morgan fingerprint density at radius 2 is 0.703 bits per heavy atom. The monoisotopic (exact) mass is 1950 g/mol. The van der Waals surface area contributed by atoms with E-state index in [-0.39, 0.29) is 39.9 Å². The molecule has 1 aliphatic carbocycles. The number of carbonyl (C=O) groups is 6. The second-order valence-corrected chi connectivity index (χ2v) is 32.2. The fourth-order valence-corrected chi connectivity index (χ4v) is 14.6. The van der Waals surface area contributed by atoms with E-state index in [0.29, 0.717) is 16.7 Å². The third-order valence-corrected chi connectivity index (χ3v) is 22.4. The average Bonchev–Trinajstić information content (AvgIpc) is 0.756. The Kier molecular flexibility index (Phi) is 34.3. The molecule has 13 rings (SSSR count). The van der Waals surface area contributed by atoms with Crippen LogP contribution in [0.25, 0.3) is 24.3 Å². The number of carbonyl (C=O) groups excluding carboxylic acids is 5. The predicted molar refractivity (Wildman–Crippen MR) is 451 cm³/mol. The van der Waals surface area contributed by atoms with Crippen molar-refractivity contribution in [3.63, 3.8) is 0 Å². The molecular weight excluding hydrogens is 1850 g/mol. The van der Waals surface area contributed by atoms with E-state index in [1.165, 1.54) is 121 Å². The molecule has 746 valence electrons. The summed E-state index contributed by atoms with van der Waals surface area (Å²) >= 11 is 0. The number of aliphatic hydroxyl groups excluding tert-OH is 20. The molecule has 5 aromatic rings. The molecule has 8 aliphatic rings. The van der Waals surface area contributed by atoms with E-state index >= 15 is 0 Å². The Bertz CT molecular complexity index is 5280. The Morgan fingerprint density at radius 3 is 1.07 bits per heavy atom. The minimum Gasteiger partial charge on any atom is -0.508 e. The number of hydrogen-bond donors (Lipinski definition) is 24. The van der Waals surface area contributed by atoms with E-state index in [0.717, 1.165) is 54.6 Å². The minimum atomic E-state index is -2.31. The molecule has 0 aromatic heterocycles. The first-order valence-corrected chi connectivity index (χ1v) is 42.2. The van der Waals surface area contributed by atoms with Gasteiger partial charge in [-0.15, -0.1) is 0 Å². The topological polar surface area (TPSA) is 754 Å². The lowest BCUT2D eigenvalue weighted by molar-refractivity contribution is -0.294. The van der Waals surface area contributed by atoms with Gasteiger partial charge in [-0.2, -0.15) is 0 Å². The quantitative estimate of drug-likeness (QED) is 0.00602. The largest absolute Gasteiger partial charge is 0.508 e. The number of phenolic OH excluding ortho intramolecular Hbond substituents is 3. The maximum atomic E-state index is 13.4. The first kappa shape index (κ1) is 103. The van der Waals surface area contributed by atoms with Crippen molar-refractivity contribution in [2.24, 2.45) is 0 Å². The van der Waals surface area contributed by atoms with Crippen molar-refractivity contribution < 1.29 is 237 Å². The Labute approximate surface area is 778 Å². The first-order valence-electron chi connectivity index (χ1n) is 42.2. The molecule has 0 amide bonds. The molecule has 0 radical (unpaired) electrons. The number of allylic oxidation sites excluding steroid dienone is 7. The van der Waals surface area contributed by atoms with Crippen LogP contribution in [-0.4, -0.2) is 382 Å². The third kappa shape index (κ3) is 25.4. The van der Waals surface area contributed by atoms with Crippen LogP contribution in [0.1, 0.15) is 40.3 Å². The summed E-state index contributed by atoms with van der Waals surface area (Å²) in [6.07, 6.45) is -43.7. The zero-order valence-corrected chi connectivity index (χ0v) is 71.6. The summed E-state index contributed by atoms with van der Waals surface area (Å²) in [6, 6.07) is 20.5. The summed E-state index contributed by atoms with van der Waals surface area (Å²) < 4.78 is 102. The number of aromatic hydroxyl groups is 3. The van der Waals surface area contributed by atoms with Crippen LogP contribution in [-0.2, 0) is 85.6 Å². The SMILES string of the molecule is O=C1C=CC(=CC=C(O)OC[C@@H]2O[C@H](Oc3ccc(/C=C\C(=O)OC[C@@H]4O[C@H](Oc5cc(C6Oc7cc(O)cc(O)c7C=C6O[C@H]6O[C@@H](COC(=O)CC(=O)O)[C@H](O)[C@H](O)[C@H]6O)cc(O[C@H]6O[C@H](COC(=O)/C=C\c7ccc(O[C@H]8O[C@@H](COC(=O)/C=C\c9ccc(O[C@H]%10O[C@@H](CO)[C@H](O)[C@H](O)[C@H]%10O)cc9)[C@H](O)[C@H](O)[C@H]8O)cc7)[C@@H](O)[C@@H](O)[C@H]6O)c5O)[C@H](O)[C@@H](O)[C@H]4O)cc3)[C@H](O)[C@@H](O)[C@H]2O)C=C1. The van der Waals surface area contributed by atoms with Crippen LogP contribution in [0.15, 0.2) is 169 Å². The van der Waals surface area contributed by atoms with Gasteiger partial charge in [-0.05, 0) is 113 Å². The van der Waals surface area contributed by atoms with Gasteiger partial charge < -0.3 is 208 Å². The van der Waals surface area contributed by atoms with Crippen molar-refractivity contribution in [3.05, 3.63) is 197 Å². The summed E-state index contributed by atoms with van der Waals surface area (Å²) in [5.74, 6) is -12.0. The highest BCUT2D eigenvalue weighted by molar-refractivity contribution is 6.01. The van der Waals surface area contributed by atoms with Crippen molar-refractivity contribution in [2.75, 3.05) is 39.6 Å². The highest BCUT2D eigenvalue weighted by Crippen LogP contribution is 2.49. The lowest BCUT2D eigenvalue weighted by atomic mass is 9.98. The summed E-state index contributed by atoms with van der Waals surface area (Å²) in [7, 11) is 0. The molecule has 7 heterocycles. The Hall–Kier alpha value is -12.4. The molecule has 0 saturated carbocycles. The number of carboxylic acid groups (broad SMARTS) is 1. The van der Waals surface area contributed by atoms with E-state index in [9.17, 15) is 146 Å². The number of rotatable bonds is 34. The molecule has 5 aromatic carbocycles. The van der Waals surface area contributed by atoms with E-state index < -0.39 is 312 Å². The average molecular weight is 1950 g/mol. The number of phenols is 3. The van der Waals surface area contributed by atoms with Crippen molar-refractivity contribution in [2.45, 2.75) is 197 Å². The molecular formula is C90H98O48. The van der Waals surface area contributed by atoms with E-state index in [1.807, 2.05) is 0 Å². The summed E-state index contributed by atoms with van der Waals surface area (Å²) in [4.78, 5) is 74.5. The van der Waals surface area contributed by atoms with Gasteiger partial charge in [-0.25, -0.2) is 14.4 Å². The van der Waals surface area contributed by atoms with E-state index in [2.05, 4.69) is 0 Å². The zero-order valence-electron chi connectivity index (χ0n) is 71.6. The number of hydrogen-bond acceptors (Lipinski definition) is 47. The van der Waals surface area contributed by atoms with Crippen LogP contribution in [0.4, 0.5) is 0 Å². The normalized spacial score (nSPS) is 33.1. The summed E-state index contributed by atoms with van der Waals surface area (Å²) in [5, 5.41) is 260. The number of aliphatic hydroxyl groups is 20. The molecule has 7 aliphatic heterocycles. The van der Waals surface area contributed by atoms with Gasteiger partial charge in [0.2, 0.25) is 43.5 Å². The van der Waals surface area contributed by atoms with Crippen LogP contribution in [0.2, 0.25) is 0 Å².